The summed E-state index contributed by atoms with van der Waals surface area (Å²) in [4.78, 5) is 5.30. The van der Waals surface area contributed by atoms with Gasteiger partial charge in [0.15, 0.2) is 0 Å². The van der Waals surface area contributed by atoms with Gasteiger partial charge < -0.3 is 0 Å². The molecule has 2 heterocycles. The van der Waals surface area contributed by atoms with E-state index in [9.17, 15) is 4.39 Å². The molecule has 19 heavy (non-hydrogen) atoms. The number of hydrogen-bond acceptors (Lipinski definition) is 2. The predicted octanol–water partition coefficient (Wildman–Crippen LogP) is 4.79. The molecule has 0 aliphatic heterocycles. The molecule has 3 aromatic rings. The van der Waals surface area contributed by atoms with Crippen molar-refractivity contribution in [3.05, 3.63) is 54.2 Å². The first kappa shape index (κ1) is 14.4. The maximum absolute atomic E-state index is 13.3. The van der Waals surface area contributed by atoms with Crippen LogP contribution in [0.2, 0.25) is 0 Å². The molecule has 0 aliphatic carbocycles. The van der Waals surface area contributed by atoms with E-state index in [1.54, 1.807) is 17.4 Å². The van der Waals surface area contributed by atoms with Gasteiger partial charge in [-0.1, -0.05) is 24.3 Å². The van der Waals surface area contributed by atoms with Crippen LogP contribution in [0.25, 0.3) is 20.7 Å². The maximum Gasteiger partial charge on any atom is 0.138 e. The molecule has 3 rings (SSSR count). The zero-order chi connectivity index (χ0) is 12.5. The molecule has 0 N–H and O–H groups in total. The normalized spacial score (nSPS) is 12.1. The molecular weight excluding hydrogens is 440 g/mol. The molecule has 100 valence electrons. The predicted molar refractivity (Wildman–Crippen MR) is 73.4 cm³/mol. The summed E-state index contributed by atoms with van der Waals surface area (Å²) in [6.07, 6.45) is -1.04. The van der Waals surface area contributed by atoms with Gasteiger partial charge in [-0.2, -0.15) is 0 Å². The van der Waals surface area contributed by atoms with E-state index < -0.39 is 6.17 Å². The van der Waals surface area contributed by atoms with E-state index >= 15 is 0 Å². The van der Waals surface area contributed by atoms with Crippen LogP contribution in [-0.2, 0) is 21.1 Å². The van der Waals surface area contributed by atoms with Gasteiger partial charge in [-0.15, -0.1) is 23.6 Å². The fraction of sp³-hybridized carbons (Fsp3) is 0.133. The molecule has 0 bridgehead atoms. The number of aromatic nitrogens is 1. The summed E-state index contributed by atoms with van der Waals surface area (Å²) in [5.41, 5.74) is 1.26. The Kier molecular flexibility index (Phi) is 4.49. The Morgan fingerprint density at radius 2 is 1.95 bits per heavy atom. The molecular formula is C15H11FNPtS-. The average molecular weight is 451 g/mol. The summed E-state index contributed by atoms with van der Waals surface area (Å²) in [5.74, 6) is 0. The molecule has 1 atom stereocenters. The van der Waals surface area contributed by atoms with Crippen LogP contribution in [0.4, 0.5) is 4.39 Å². The van der Waals surface area contributed by atoms with Crippen LogP contribution in [0.5, 0.6) is 0 Å². The number of fused-ring (bicyclic) bond motifs is 1. The molecule has 0 saturated heterocycles. The Balaban J connectivity index is 0.00000133. The third-order valence-corrected chi connectivity index (χ3v) is 3.85. The van der Waals surface area contributed by atoms with E-state index in [1.807, 2.05) is 30.3 Å². The molecule has 0 aliphatic rings. The molecule has 4 heteroatoms. The minimum atomic E-state index is -1.04. The van der Waals surface area contributed by atoms with Gasteiger partial charge in [0, 0.05) is 26.8 Å². The van der Waals surface area contributed by atoms with E-state index in [0.717, 1.165) is 16.0 Å². The molecule has 2 aromatic heterocycles. The number of rotatable bonds is 2. The third kappa shape index (κ3) is 2.93. The van der Waals surface area contributed by atoms with Crippen molar-refractivity contribution >= 4 is 21.4 Å². The van der Waals surface area contributed by atoms with Crippen LogP contribution >= 0.6 is 11.3 Å². The number of hydrogen-bond donors (Lipinski definition) is 0. The van der Waals surface area contributed by atoms with Gasteiger partial charge in [-0.3, -0.25) is 4.98 Å². The van der Waals surface area contributed by atoms with Crippen LogP contribution in [0.1, 0.15) is 18.8 Å². The number of benzene rings is 1. The maximum atomic E-state index is 13.3. The van der Waals surface area contributed by atoms with Gasteiger partial charge in [0.25, 0.3) is 0 Å². The standard InChI is InChI=1S/C15H11FNS.Pt/c1-10(16)12-6-4-7-13(17-12)15-9-11-5-2-3-8-14(11)18-15;/h2-8,10H,1H3;/q-1;. The van der Waals surface area contributed by atoms with E-state index in [1.165, 1.54) is 11.6 Å². The molecule has 0 radical (unpaired) electrons. The van der Waals surface area contributed by atoms with Crippen molar-refractivity contribution in [2.24, 2.45) is 0 Å². The molecule has 0 fully saturated rings. The van der Waals surface area contributed by atoms with Gasteiger partial charge >= 0.3 is 0 Å². The molecule has 0 spiro atoms. The fourth-order valence-electron chi connectivity index (χ4n) is 1.83. The summed E-state index contributed by atoms with van der Waals surface area (Å²) < 4.78 is 14.4. The smallest absolute Gasteiger partial charge is 0.138 e. The number of nitrogens with zero attached hydrogens (tertiary/aromatic N) is 1. The Bertz CT molecular complexity index is 660. The second-order valence-corrected chi connectivity index (χ2v) is 5.17. The number of pyridine rings is 1. The van der Waals surface area contributed by atoms with Crippen molar-refractivity contribution in [2.75, 3.05) is 0 Å². The van der Waals surface area contributed by atoms with E-state index in [4.69, 9.17) is 0 Å². The van der Waals surface area contributed by atoms with Crippen LogP contribution in [-0.4, -0.2) is 4.98 Å². The summed E-state index contributed by atoms with van der Waals surface area (Å²) in [5, 5.41) is 1.08. The quantitative estimate of drug-likeness (QED) is 0.511. The average Bonchev–Trinajstić information content (AvgIpc) is 2.82. The van der Waals surface area contributed by atoms with E-state index in [0.29, 0.717) is 5.69 Å². The number of halogens is 1. The van der Waals surface area contributed by atoms with Crippen LogP contribution in [0.15, 0.2) is 42.5 Å². The zero-order valence-corrected chi connectivity index (χ0v) is 13.3. The zero-order valence-electron chi connectivity index (χ0n) is 10.2. The number of thiophene rings is 1. The summed E-state index contributed by atoms with van der Waals surface area (Å²) >= 11 is 1.63. The number of alkyl halides is 1. The Morgan fingerprint density at radius 1 is 1.16 bits per heavy atom. The Morgan fingerprint density at radius 3 is 2.68 bits per heavy atom. The van der Waals surface area contributed by atoms with Crippen LogP contribution in [0, 0.1) is 6.07 Å². The van der Waals surface area contributed by atoms with Crippen molar-refractivity contribution in [1.82, 2.24) is 4.98 Å². The largest absolute Gasteiger partial charge is 0.297 e. The van der Waals surface area contributed by atoms with E-state index in [-0.39, 0.29) is 21.1 Å². The molecule has 1 unspecified atom stereocenters. The Hall–Kier alpha value is -1.05. The second kappa shape index (κ2) is 5.94. The van der Waals surface area contributed by atoms with Crippen molar-refractivity contribution < 1.29 is 25.5 Å². The SMILES string of the molecule is CC(F)c1cccc(-c2[c-]c3ccccc3s2)n1.[Pt]. The van der Waals surface area contributed by atoms with Crippen molar-refractivity contribution in [3.63, 3.8) is 0 Å². The minimum absolute atomic E-state index is 0. The van der Waals surface area contributed by atoms with Gasteiger partial charge in [0.2, 0.25) is 0 Å². The van der Waals surface area contributed by atoms with E-state index in [2.05, 4.69) is 17.1 Å². The summed E-state index contributed by atoms with van der Waals surface area (Å²) in [6.45, 7) is 1.50. The molecule has 1 aromatic carbocycles. The first-order chi connectivity index (χ1) is 8.74. The van der Waals surface area contributed by atoms with Gasteiger partial charge in [0.05, 0.1) is 5.69 Å². The van der Waals surface area contributed by atoms with Gasteiger partial charge in [-0.05, 0) is 22.6 Å². The van der Waals surface area contributed by atoms with Crippen LogP contribution < -0.4 is 0 Å². The Labute approximate surface area is 129 Å². The monoisotopic (exact) mass is 451 g/mol. The molecule has 1 nitrogen and oxygen atoms in total. The van der Waals surface area contributed by atoms with Crippen molar-refractivity contribution in [3.8, 4) is 10.6 Å². The van der Waals surface area contributed by atoms with Gasteiger partial charge in [0.1, 0.15) is 6.17 Å². The third-order valence-electron chi connectivity index (χ3n) is 2.76. The first-order valence-corrected chi connectivity index (χ1v) is 6.58. The summed E-state index contributed by atoms with van der Waals surface area (Å²) in [6, 6.07) is 16.8. The van der Waals surface area contributed by atoms with Gasteiger partial charge in [-0.25, -0.2) is 15.7 Å². The minimum Gasteiger partial charge on any atom is -0.297 e. The summed E-state index contributed by atoms with van der Waals surface area (Å²) in [7, 11) is 0. The molecule has 0 amide bonds. The topological polar surface area (TPSA) is 12.9 Å². The van der Waals surface area contributed by atoms with Crippen molar-refractivity contribution in [1.29, 1.82) is 0 Å². The second-order valence-electron chi connectivity index (χ2n) is 4.12. The first-order valence-electron chi connectivity index (χ1n) is 5.76. The molecule has 0 saturated carbocycles. The fourth-order valence-corrected chi connectivity index (χ4v) is 2.81. The van der Waals surface area contributed by atoms with Crippen molar-refractivity contribution in [2.45, 2.75) is 13.1 Å². The van der Waals surface area contributed by atoms with Crippen LogP contribution in [0.3, 0.4) is 0 Å².